The number of hydrogen-bond acceptors (Lipinski definition) is 11. The van der Waals surface area contributed by atoms with Crippen molar-refractivity contribution in [3.63, 3.8) is 0 Å². The van der Waals surface area contributed by atoms with Crippen LogP contribution in [0.4, 0.5) is 4.79 Å². The highest BCUT2D eigenvalue weighted by Crippen LogP contribution is 2.24. The molecule has 6 N–H and O–H groups in total. The number of nitrogens with one attached hydrogen (secondary N) is 4. The van der Waals surface area contributed by atoms with Gasteiger partial charge in [-0.05, 0) is 124 Å². The van der Waals surface area contributed by atoms with Gasteiger partial charge in [-0.15, -0.1) is 0 Å². The third-order valence-electron chi connectivity index (χ3n) is 9.24. The first-order valence-electron chi connectivity index (χ1n) is 21.5. The molecule has 2 aromatic carbocycles. The molecule has 16 nitrogen and oxygen atoms in total. The van der Waals surface area contributed by atoms with Crippen molar-refractivity contribution in [3.8, 4) is 5.75 Å². The van der Waals surface area contributed by atoms with Gasteiger partial charge in [0.2, 0.25) is 23.6 Å². The molecule has 4 amide bonds. The predicted molar refractivity (Wildman–Crippen MR) is 241 cm³/mol. The summed E-state index contributed by atoms with van der Waals surface area (Å²) in [5.41, 5.74) is 6.41. The molecular weight excluding hydrogens is 809 g/mol. The fourth-order valence-corrected chi connectivity index (χ4v) is 6.37. The largest absolute Gasteiger partial charge is 0.488 e. The van der Waals surface area contributed by atoms with Crippen LogP contribution in [0.5, 0.6) is 5.75 Å². The monoisotopic (exact) mass is 879 g/mol. The van der Waals surface area contributed by atoms with Crippen LogP contribution in [0.2, 0.25) is 0 Å². The minimum atomic E-state index is -1.31. The molecule has 5 atom stereocenters. The Labute approximate surface area is 372 Å². The smallest absolute Gasteiger partial charge is 0.419 e. The first kappa shape index (κ1) is 51.9. The molecule has 63 heavy (non-hydrogen) atoms. The van der Waals surface area contributed by atoms with E-state index < -0.39 is 82.7 Å². The Balaban J connectivity index is 1.90. The van der Waals surface area contributed by atoms with E-state index in [1.165, 1.54) is 11.5 Å². The zero-order valence-corrected chi connectivity index (χ0v) is 39.3. The molecule has 0 radical (unpaired) electrons. The first-order chi connectivity index (χ1) is 29.2. The van der Waals surface area contributed by atoms with Crippen molar-refractivity contribution in [1.82, 2.24) is 25.8 Å². The summed E-state index contributed by atoms with van der Waals surface area (Å²) in [5, 5.41) is 11.6. The quantitative estimate of drug-likeness (QED) is 0.0999. The molecule has 0 spiro atoms. The molecule has 0 unspecified atom stereocenters. The summed E-state index contributed by atoms with van der Waals surface area (Å²) in [7, 11) is 0. The number of amides is 4. The number of rotatable bonds is 19. The summed E-state index contributed by atoms with van der Waals surface area (Å²) in [5.74, 6) is -2.67. The van der Waals surface area contributed by atoms with Gasteiger partial charge in [-0.1, -0.05) is 44.2 Å². The maximum atomic E-state index is 14.2. The van der Waals surface area contributed by atoms with Crippen LogP contribution in [0.1, 0.15) is 108 Å². The lowest BCUT2D eigenvalue weighted by atomic mass is 10.0. The number of benzene rings is 2. The van der Waals surface area contributed by atoms with Crippen LogP contribution < -0.4 is 31.7 Å². The molecule has 0 aliphatic rings. The highest BCUT2D eigenvalue weighted by atomic mass is 16.6. The zero-order chi connectivity index (χ0) is 47.4. The van der Waals surface area contributed by atoms with Crippen LogP contribution in [-0.4, -0.2) is 100 Å². The summed E-state index contributed by atoms with van der Waals surface area (Å²) in [6, 6.07) is 8.42. The lowest BCUT2D eigenvalue weighted by molar-refractivity contribution is -0.148. The molecular formula is C47H70N6O10. The number of fused-ring (bicyclic) bond motifs is 1. The predicted octanol–water partition coefficient (Wildman–Crippen LogP) is 5.10. The molecule has 0 aliphatic heterocycles. The molecule has 0 saturated carbocycles. The molecule has 0 bridgehead atoms. The van der Waals surface area contributed by atoms with Crippen LogP contribution in [0.3, 0.4) is 0 Å². The van der Waals surface area contributed by atoms with E-state index in [0.29, 0.717) is 34.2 Å². The van der Waals surface area contributed by atoms with Gasteiger partial charge >= 0.3 is 12.1 Å². The Kier molecular flexibility index (Phi) is 18.3. The fourth-order valence-electron chi connectivity index (χ4n) is 6.37. The van der Waals surface area contributed by atoms with Crippen molar-refractivity contribution in [2.24, 2.45) is 11.7 Å². The number of carbonyl (C=O) groups excluding carboxylic acids is 6. The fraction of sp³-hybridized carbons (Fsp3) is 0.574. The van der Waals surface area contributed by atoms with E-state index in [1.807, 2.05) is 46.8 Å². The van der Waals surface area contributed by atoms with Crippen LogP contribution in [0.15, 0.2) is 54.7 Å². The standard InChI is InChI=1S/C47H70N6O10/c1-14-60-43(58)36(23-28(2)3)51-39(54)29(4)49-41(56)35(24-30-19-21-32(22-20-30)62-46(8,9)10)50-42(57)37(27-61-45(5,6)7)52-40(55)34(48)25-31-26-53(44(59)63-47(11,12)13)38-18-16-15-17-33(31)38/h15-22,26,28-29,34-37H,14,23-25,27,48H2,1-13H3,(H,49,56)(H,50,57)(H,51,54)(H,52,55)/t29-,34+,35+,36+,37+/m1/s1. The van der Waals surface area contributed by atoms with Gasteiger partial charge < -0.3 is 45.9 Å². The number of carbonyl (C=O) groups is 6. The average molecular weight is 879 g/mol. The summed E-state index contributed by atoms with van der Waals surface area (Å²) in [6.07, 6.45) is 1.31. The second kappa shape index (κ2) is 22.2. The number of nitrogens with zero attached hydrogens (tertiary/aromatic N) is 1. The highest BCUT2D eigenvalue weighted by molar-refractivity contribution is 5.96. The maximum Gasteiger partial charge on any atom is 0.419 e. The third kappa shape index (κ3) is 17.3. The second-order valence-corrected chi connectivity index (χ2v) is 19.1. The van der Waals surface area contributed by atoms with Crippen molar-refractivity contribution < 1.29 is 47.7 Å². The van der Waals surface area contributed by atoms with E-state index in [2.05, 4.69) is 21.3 Å². The molecule has 0 fully saturated rings. The van der Waals surface area contributed by atoms with Crippen LogP contribution in [0, 0.1) is 5.92 Å². The molecule has 1 aromatic heterocycles. The Morgan fingerprint density at radius 1 is 0.683 bits per heavy atom. The second-order valence-electron chi connectivity index (χ2n) is 19.1. The summed E-state index contributed by atoms with van der Waals surface area (Å²) in [4.78, 5) is 81.2. The molecule has 0 saturated heterocycles. The molecule has 3 rings (SSSR count). The van der Waals surface area contributed by atoms with Crippen molar-refractivity contribution in [2.75, 3.05) is 13.2 Å². The van der Waals surface area contributed by atoms with E-state index >= 15 is 0 Å². The lowest BCUT2D eigenvalue weighted by Crippen LogP contribution is -2.59. The lowest BCUT2D eigenvalue weighted by Gasteiger charge is -2.28. The molecule has 348 valence electrons. The van der Waals surface area contributed by atoms with Crippen molar-refractivity contribution in [2.45, 2.75) is 156 Å². The van der Waals surface area contributed by atoms with Crippen molar-refractivity contribution in [3.05, 3.63) is 65.9 Å². The Hall–Kier alpha value is -5.48. The number of hydrogen-bond donors (Lipinski definition) is 5. The van der Waals surface area contributed by atoms with Gasteiger partial charge in [-0.3, -0.25) is 23.7 Å². The number of para-hydroxylation sites is 1. The van der Waals surface area contributed by atoms with Crippen LogP contribution in [0.25, 0.3) is 10.9 Å². The van der Waals surface area contributed by atoms with E-state index in [4.69, 9.17) is 24.7 Å². The number of aromatic nitrogens is 1. The molecule has 16 heteroatoms. The van der Waals surface area contributed by atoms with Gasteiger partial charge in [0.05, 0.1) is 30.4 Å². The van der Waals surface area contributed by atoms with Gasteiger partial charge in [0.1, 0.15) is 41.1 Å². The minimum Gasteiger partial charge on any atom is -0.488 e. The van der Waals surface area contributed by atoms with Gasteiger partial charge in [-0.2, -0.15) is 0 Å². The zero-order valence-electron chi connectivity index (χ0n) is 39.3. The third-order valence-corrected chi connectivity index (χ3v) is 9.24. The van der Waals surface area contributed by atoms with Gasteiger partial charge in [-0.25, -0.2) is 9.59 Å². The van der Waals surface area contributed by atoms with E-state index in [1.54, 1.807) is 91.1 Å². The Bertz CT molecular complexity index is 2040. The van der Waals surface area contributed by atoms with Crippen LogP contribution in [-0.2, 0) is 51.0 Å². The number of esters is 1. The first-order valence-corrected chi connectivity index (χ1v) is 21.5. The summed E-state index contributed by atoms with van der Waals surface area (Å²) >= 11 is 0. The maximum absolute atomic E-state index is 14.2. The van der Waals surface area contributed by atoms with Gasteiger partial charge in [0, 0.05) is 18.0 Å². The summed E-state index contributed by atoms with van der Waals surface area (Å²) in [6.45, 7) is 23.2. The van der Waals surface area contributed by atoms with Crippen molar-refractivity contribution in [1.29, 1.82) is 0 Å². The molecule has 3 aromatic rings. The van der Waals surface area contributed by atoms with E-state index in [9.17, 15) is 28.8 Å². The number of ether oxygens (including phenoxy) is 4. The normalized spacial score (nSPS) is 14.5. The van der Waals surface area contributed by atoms with Crippen LogP contribution >= 0.6 is 0 Å². The topological polar surface area (TPSA) is 218 Å². The van der Waals surface area contributed by atoms with E-state index in [0.717, 1.165) is 0 Å². The highest BCUT2D eigenvalue weighted by Gasteiger charge is 2.33. The SMILES string of the molecule is CCOC(=O)[C@H](CC(C)C)NC(=O)[C@@H](C)NC(=O)[C@H](Cc1ccc(OC(C)(C)C)cc1)NC(=O)[C@H](COC(C)(C)C)NC(=O)[C@@H](N)Cc1cn(C(=O)OC(C)(C)C)c2ccccc12. The summed E-state index contributed by atoms with van der Waals surface area (Å²) < 4.78 is 24.1. The average Bonchev–Trinajstić information content (AvgIpc) is 3.53. The van der Waals surface area contributed by atoms with Crippen molar-refractivity contribution >= 4 is 46.6 Å². The Morgan fingerprint density at radius 2 is 1.27 bits per heavy atom. The molecule has 1 heterocycles. The Morgan fingerprint density at radius 3 is 1.84 bits per heavy atom. The number of nitrogens with two attached hydrogens (primary N) is 1. The van der Waals surface area contributed by atoms with Gasteiger partial charge in [0.25, 0.3) is 0 Å². The molecule has 0 aliphatic carbocycles. The van der Waals surface area contributed by atoms with Gasteiger partial charge in [0.15, 0.2) is 0 Å². The van der Waals surface area contributed by atoms with E-state index in [-0.39, 0.29) is 32.0 Å². The minimum absolute atomic E-state index is 0.00467.